The van der Waals surface area contributed by atoms with E-state index in [2.05, 4.69) is 33.6 Å². The zero-order valence-corrected chi connectivity index (χ0v) is 9.34. The predicted octanol–water partition coefficient (Wildman–Crippen LogP) is 2.72. The summed E-state index contributed by atoms with van der Waals surface area (Å²) < 4.78 is 5.16. The van der Waals surface area contributed by atoms with Crippen molar-refractivity contribution < 1.29 is 4.74 Å². The number of alkyl halides is 1. The molecule has 0 aliphatic rings. The lowest BCUT2D eigenvalue weighted by Gasteiger charge is -2.05. The largest absolute Gasteiger partial charge is 0.481 e. The van der Waals surface area contributed by atoms with Crippen molar-refractivity contribution in [2.75, 3.05) is 5.52 Å². The Kier molecular flexibility index (Phi) is 3.66. The zero-order valence-electron chi connectivity index (χ0n) is 7.75. The Morgan fingerprint density at radius 3 is 3.00 bits per heavy atom. The fourth-order valence-corrected chi connectivity index (χ4v) is 1.28. The molecule has 0 fully saturated rings. The van der Waals surface area contributed by atoms with Gasteiger partial charge in [-0.05, 0) is 28.4 Å². The highest BCUT2D eigenvalue weighted by atomic mass is 79.9. The van der Waals surface area contributed by atoms with E-state index in [1.54, 1.807) is 12.3 Å². The maximum atomic E-state index is 8.86. The minimum Gasteiger partial charge on any atom is -0.481 e. The first-order valence-corrected chi connectivity index (χ1v) is 5.06. The first-order valence-electron chi connectivity index (χ1n) is 3.94. The van der Waals surface area contributed by atoms with Crippen molar-refractivity contribution in [3.63, 3.8) is 0 Å². The van der Waals surface area contributed by atoms with Crippen LogP contribution in [0, 0.1) is 11.3 Å². The fourth-order valence-electron chi connectivity index (χ4n) is 1.01. The van der Waals surface area contributed by atoms with Crippen LogP contribution in [-0.2, 0) is 0 Å². The third kappa shape index (κ3) is 2.33. The molecule has 72 valence electrons. The van der Waals surface area contributed by atoms with Gasteiger partial charge in [-0.25, -0.2) is 0 Å². The van der Waals surface area contributed by atoms with E-state index in [4.69, 9.17) is 10.00 Å². The van der Waals surface area contributed by atoms with E-state index in [9.17, 15) is 0 Å². The van der Waals surface area contributed by atoms with Crippen LogP contribution in [0.4, 0.5) is 0 Å². The van der Waals surface area contributed by atoms with Gasteiger partial charge in [-0.2, -0.15) is 5.26 Å². The quantitative estimate of drug-likeness (QED) is 0.778. The number of ether oxygens (including phenoxy) is 1. The average Bonchev–Trinajstić information content (AvgIpc) is 2.17. The van der Waals surface area contributed by atoms with Gasteiger partial charge in [0.15, 0.2) is 0 Å². The molecule has 1 aromatic rings. The summed E-state index contributed by atoms with van der Waals surface area (Å²) in [7, 11) is 0. The van der Waals surface area contributed by atoms with Crippen LogP contribution >= 0.6 is 15.9 Å². The summed E-state index contributed by atoms with van der Waals surface area (Å²) in [6, 6.07) is 3.71. The van der Waals surface area contributed by atoms with Gasteiger partial charge in [-0.1, -0.05) is 6.58 Å². The van der Waals surface area contributed by atoms with Gasteiger partial charge < -0.3 is 4.74 Å². The number of nitrogens with zero attached hydrogens (tertiary/aromatic N) is 2. The van der Waals surface area contributed by atoms with Gasteiger partial charge >= 0.3 is 0 Å². The summed E-state index contributed by atoms with van der Waals surface area (Å²) in [5.41, 5.74) is 2.25. The van der Waals surface area contributed by atoms with Crippen LogP contribution in [0.3, 0.4) is 0 Å². The summed E-state index contributed by atoms with van der Waals surface area (Å²) in [5, 5.41) is 8.86. The monoisotopic (exact) mass is 252 g/mol. The molecule has 4 heteroatoms. The fraction of sp³-hybridized carbons (Fsp3) is 0.200. The van der Waals surface area contributed by atoms with Gasteiger partial charge in [0.1, 0.15) is 17.3 Å². The molecule has 0 saturated heterocycles. The second-order valence-corrected chi connectivity index (χ2v) is 3.17. The Hall–Kier alpha value is -1.34. The smallest absolute Gasteiger partial charge is 0.143 e. The van der Waals surface area contributed by atoms with Crippen LogP contribution in [0.25, 0.3) is 5.57 Å². The lowest BCUT2D eigenvalue weighted by Crippen LogP contribution is -1.95. The van der Waals surface area contributed by atoms with Gasteiger partial charge in [0, 0.05) is 6.07 Å². The second kappa shape index (κ2) is 4.77. The lowest BCUT2D eigenvalue weighted by molar-refractivity contribution is 0.396. The molecule has 1 rings (SSSR count). The van der Waals surface area contributed by atoms with Gasteiger partial charge in [0.25, 0.3) is 0 Å². The molecule has 0 atom stereocenters. The molecule has 3 nitrogen and oxygen atoms in total. The maximum Gasteiger partial charge on any atom is 0.143 e. The molecule has 0 spiro atoms. The third-order valence-corrected chi connectivity index (χ3v) is 1.84. The molecule has 0 amide bonds. The van der Waals surface area contributed by atoms with Crippen molar-refractivity contribution in [2.24, 2.45) is 0 Å². The number of allylic oxidation sites excluding steroid dienone is 1. The van der Waals surface area contributed by atoms with E-state index in [1.165, 1.54) is 0 Å². The van der Waals surface area contributed by atoms with Crippen molar-refractivity contribution in [1.82, 2.24) is 4.98 Å². The first-order chi connectivity index (χ1) is 6.69. The number of aromatic nitrogens is 1. The molecule has 1 heterocycles. The molecule has 0 aliphatic heterocycles. The van der Waals surface area contributed by atoms with E-state index < -0.39 is 0 Å². The molecule has 0 bridgehead atoms. The van der Waals surface area contributed by atoms with Gasteiger partial charge in [0.2, 0.25) is 0 Å². The summed E-state index contributed by atoms with van der Waals surface area (Å²) >= 11 is 3.13. The highest BCUT2D eigenvalue weighted by molar-refractivity contribution is 9.09. The van der Waals surface area contributed by atoms with E-state index >= 15 is 0 Å². The standard InChI is InChI=1S/C10H9BrN2O/c1-7(2)10-8(4-12)3-9(5-13-10)14-6-11/h3,5H,1,6H2,2H3. The van der Waals surface area contributed by atoms with Crippen molar-refractivity contribution in [3.05, 3.63) is 30.1 Å². The van der Waals surface area contributed by atoms with Crippen LogP contribution in [0.2, 0.25) is 0 Å². The number of rotatable bonds is 3. The Morgan fingerprint density at radius 2 is 2.50 bits per heavy atom. The minimum atomic E-state index is 0.381. The maximum absolute atomic E-state index is 8.86. The van der Waals surface area contributed by atoms with Gasteiger partial charge in [-0.15, -0.1) is 0 Å². The summed E-state index contributed by atoms with van der Waals surface area (Å²) in [6.45, 7) is 5.56. The van der Waals surface area contributed by atoms with Crippen LogP contribution in [0.1, 0.15) is 18.2 Å². The normalized spacial score (nSPS) is 9.21. The first kappa shape index (κ1) is 10.7. The van der Waals surface area contributed by atoms with Crippen molar-refractivity contribution in [2.45, 2.75) is 6.92 Å². The molecule has 0 radical (unpaired) electrons. The van der Waals surface area contributed by atoms with E-state index in [0.29, 0.717) is 22.5 Å². The number of halogens is 1. The Balaban J connectivity index is 3.13. The molecule has 0 aromatic carbocycles. The number of hydrogen-bond donors (Lipinski definition) is 0. The van der Waals surface area contributed by atoms with E-state index in [-0.39, 0.29) is 0 Å². The molecule has 14 heavy (non-hydrogen) atoms. The lowest BCUT2D eigenvalue weighted by atomic mass is 10.1. The van der Waals surface area contributed by atoms with Crippen molar-refractivity contribution >= 4 is 21.5 Å². The Labute approximate surface area is 91.2 Å². The van der Waals surface area contributed by atoms with Crippen molar-refractivity contribution in [3.8, 4) is 11.8 Å². The SMILES string of the molecule is C=C(C)c1ncc(OCBr)cc1C#N. The minimum absolute atomic E-state index is 0.381. The number of hydrogen-bond acceptors (Lipinski definition) is 3. The molecule has 0 N–H and O–H groups in total. The van der Waals surface area contributed by atoms with Crippen LogP contribution < -0.4 is 4.74 Å². The molecule has 1 aromatic heterocycles. The average molecular weight is 253 g/mol. The van der Waals surface area contributed by atoms with Crippen LogP contribution in [0.15, 0.2) is 18.8 Å². The molecule has 0 saturated carbocycles. The molecule has 0 unspecified atom stereocenters. The highest BCUT2D eigenvalue weighted by Gasteiger charge is 2.05. The van der Waals surface area contributed by atoms with Gasteiger partial charge in [0.05, 0.1) is 17.5 Å². The van der Waals surface area contributed by atoms with E-state index in [0.717, 1.165) is 5.57 Å². The Morgan fingerprint density at radius 1 is 1.79 bits per heavy atom. The summed E-state index contributed by atoms with van der Waals surface area (Å²) in [6.07, 6.45) is 1.58. The summed E-state index contributed by atoms with van der Waals surface area (Å²) in [4.78, 5) is 4.10. The number of nitriles is 1. The van der Waals surface area contributed by atoms with Crippen LogP contribution in [-0.4, -0.2) is 10.5 Å². The predicted molar refractivity (Wildman–Crippen MR) is 58.1 cm³/mol. The van der Waals surface area contributed by atoms with Crippen molar-refractivity contribution in [1.29, 1.82) is 5.26 Å². The van der Waals surface area contributed by atoms with Crippen LogP contribution in [0.5, 0.6) is 5.75 Å². The summed E-state index contributed by atoms with van der Waals surface area (Å²) in [5.74, 6) is 0.573. The molecular formula is C10H9BrN2O. The highest BCUT2D eigenvalue weighted by Crippen LogP contribution is 2.19. The molecular weight excluding hydrogens is 244 g/mol. The van der Waals surface area contributed by atoms with Gasteiger partial charge in [-0.3, -0.25) is 4.98 Å². The van der Waals surface area contributed by atoms with E-state index in [1.807, 2.05) is 6.92 Å². The topological polar surface area (TPSA) is 45.9 Å². The third-order valence-electron chi connectivity index (χ3n) is 1.61. The molecule has 0 aliphatic carbocycles. The number of pyridine rings is 1. The second-order valence-electron chi connectivity index (χ2n) is 2.71. The Bertz CT molecular complexity index is 396. The zero-order chi connectivity index (χ0) is 10.6.